The number of nitrogens with zero attached hydrogens (tertiary/aromatic N) is 1. The molecule has 1 aromatic carbocycles. The first-order valence-electron chi connectivity index (χ1n) is 11.1. The van der Waals surface area contributed by atoms with Crippen molar-refractivity contribution in [1.29, 1.82) is 0 Å². The molecule has 0 saturated carbocycles. The minimum Gasteiger partial charge on any atom is -0.493 e. The van der Waals surface area contributed by atoms with E-state index in [9.17, 15) is 14.7 Å². The van der Waals surface area contributed by atoms with Crippen LogP contribution < -0.4 is 9.47 Å². The molecule has 1 aromatic rings. The fourth-order valence-corrected chi connectivity index (χ4v) is 4.85. The van der Waals surface area contributed by atoms with Gasteiger partial charge in [0.1, 0.15) is 10.4 Å². The van der Waals surface area contributed by atoms with Crippen molar-refractivity contribution in [3.8, 4) is 11.5 Å². The van der Waals surface area contributed by atoms with Crippen molar-refractivity contribution in [3.05, 3.63) is 28.7 Å². The van der Waals surface area contributed by atoms with Gasteiger partial charge in [0.15, 0.2) is 11.5 Å². The lowest BCUT2D eigenvalue weighted by Gasteiger charge is -2.26. The van der Waals surface area contributed by atoms with Crippen LogP contribution in [0.5, 0.6) is 11.5 Å². The molecular formula is C24H33NO5S2. The lowest BCUT2D eigenvalue weighted by atomic mass is 10.0. The molecule has 6 nitrogen and oxygen atoms in total. The Labute approximate surface area is 200 Å². The summed E-state index contributed by atoms with van der Waals surface area (Å²) in [5.74, 6) is -0.464. The van der Waals surface area contributed by atoms with Crippen LogP contribution in [0.25, 0.3) is 6.08 Å². The summed E-state index contributed by atoms with van der Waals surface area (Å²) in [5, 5.41) is 9.54. The molecular weight excluding hydrogens is 446 g/mol. The van der Waals surface area contributed by atoms with Gasteiger partial charge in [-0.1, -0.05) is 82.9 Å². The number of carbonyl (C=O) groups is 2. The number of hydrogen-bond acceptors (Lipinski definition) is 6. The highest BCUT2D eigenvalue weighted by Gasteiger charge is 2.41. The number of thioether (sulfide) groups is 1. The molecule has 1 N–H and O–H groups in total. The van der Waals surface area contributed by atoms with E-state index in [2.05, 4.69) is 6.92 Å². The minimum absolute atomic E-state index is 0.258. The number of amides is 1. The molecule has 0 spiro atoms. The lowest BCUT2D eigenvalue weighted by molar-refractivity contribution is -0.146. The van der Waals surface area contributed by atoms with Crippen molar-refractivity contribution in [3.63, 3.8) is 0 Å². The second-order valence-electron chi connectivity index (χ2n) is 8.11. The third-order valence-corrected chi connectivity index (χ3v) is 6.56. The Kier molecular flexibility index (Phi) is 10.5. The Balaban J connectivity index is 2.07. The molecule has 8 heteroatoms. The van der Waals surface area contributed by atoms with Crippen molar-refractivity contribution in [2.75, 3.05) is 13.7 Å². The van der Waals surface area contributed by atoms with Gasteiger partial charge in [0.25, 0.3) is 5.91 Å². The van der Waals surface area contributed by atoms with Crippen LogP contribution in [0, 0.1) is 5.92 Å². The highest BCUT2D eigenvalue weighted by Crippen LogP contribution is 2.37. The van der Waals surface area contributed by atoms with Gasteiger partial charge in [-0.25, -0.2) is 4.79 Å². The number of carbonyl (C=O) groups excluding carboxylic acids is 1. The fraction of sp³-hybridized carbons (Fsp3) is 0.542. The maximum absolute atomic E-state index is 12.9. The topological polar surface area (TPSA) is 76.1 Å². The zero-order valence-corrected chi connectivity index (χ0v) is 20.9. The SMILES string of the molecule is CCCCCCCCOc1ccc(/C=C2\SC(=S)N(C(C(=O)O)C(C)C)C2=O)cc1OC. The zero-order valence-electron chi connectivity index (χ0n) is 19.3. The number of hydrogen-bond donors (Lipinski definition) is 1. The molecule has 176 valence electrons. The Morgan fingerprint density at radius 1 is 1.19 bits per heavy atom. The quantitative estimate of drug-likeness (QED) is 0.219. The molecule has 1 heterocycles. The van der Waals surface area contributed by atoms with Gasteiger partial charge in [-0.15, -0.1) is 0 Å². The van der Waals surface area contributed by atoms with Gasteiger partial charge >= 0.3 is 5.97 Å². The molecule has 0 radical (unpaired) electrons. The molecule has 1 aliphatic heterocycles. The van der Waals surface area contributed by atoms with Crippen LogP contribution in [0.4, 0.5) is 0 Å². The van der Waals surface area contributed by atoms with E-state index in [0.717, 1.165) is 30.2 Å². The maximum Gasteiger partial charge on any atom is 0.327 e. The average Bonchev–Trinajstić information content (AvgIpc) is 3.01. The molecule has 1 amide bonds. The average molecular weight is 480 g/mol. The van der Waals surface area contributed by atoms with Crippen molar-refractivity contribution in [2.24, 2.45) is 5.92 Å². The van der Waals surface area contributed by atoms with Gasteiger partial charge in [-0.05, 0) is 36.1 Å². The Hall–Kier alpha value is -2.06. The van der Waals surface area contributed by atoms with Crippen molar-refractivity contribution >= 4 is 46.3 Å². The molecule has 1 fully saturated rings. The van der Waals surface area contributed by atoms with Gasteiger partial charge in [0.2, 0.25) is 0 Å². The van der Waals surface area contributed by atoms with Crippen LogP contribution in [0.3, 0.4) is 0 Å². The Morgan fingerprint density at radius 2 is 1.88 bits per heavy atom. The summed E-state index contributed by atoms with van der Waals surface area (Å²) in [6.07, 6.45) is 8.87. The molecule has 1 unspecified atom stereocenters. The van der Waals surface area contributed by atoms with Gasteiger partial charge in [-0.2, -0.15) is 0 Å². The fourth-order valence-electron chi connectivity index (χ4n) is 3.52. The predicted octanol–water partition coefficient (Wildman–Crippen LogP) is 5.74. The molecule has 0 aliphatic carbocycles. The van der Waals surface area contributed by atoms with Gasteiger partial charge in [0.05, 0.1) is 18.6 Å². The van der Waals surface area contributed by atoms with E-state index in [-0.39, 0.29) is 16.1 Å². The Morgan fingerprint density at radius 3 is 2.50 bits per heavy atom. The summed E-state index contributed by atoms with van der Waals surface area (Å²) in [4.78, 5) is 26.2. The van der Waals surface area contributed by atoms with Gasteiger partial charge in [0, 0.05) is 0 Å². The van der Waals surface area contributed by atoms with E-state index in [1.54, 1.807) is 33.1 Å². The van der Waals surface area contributed by atoms with E-state index >= 15 is 0 Å². The highest BCUT2D eigenvalue weighted by molar-refractivity contribution is 8.26. The van der Waals surface area contributed by atoms with Crippen LogP contribution in [0.2, 0.25) is 0 Å². The normalized spacial score (nSPS) is 16.2. The number of thiocarbonyl (C=S) groups is 1. The summed E-state index contributed by atoms with van der Waals surface area (Å²) in [6, 6.07) is 4.50. The number of unbranched alkanes of at least 4 members (excludes halogenated alkanes) is 5. The number of benzene rings is 1. The largest absolute Gasteiger partial charge is 0.493 e. The summed E-state index contributed by atoms with van der Waals surface area (Å²) >= 11 is 6.42. The van der Waals surface area contributed by atoms with Crippen molar-refractivity contribution in [1.82, 2.24) is 4.90 Å². The predicted molar refractivity (Wildman–Crippen MR) is 133 cm³/mol. The number of carboxylic acids is 1. The number of carboxylic acid groups (broad SMARTS) is 1. The van der Waals surface area contributed by atoms with Crippen molar-refractivity contribution < 1.29 is 24.2 Å². The van der Waals surface area contributed by atoms with Crippen molar-refractivity contribution in [2.45, 2.75) is 65.3 Å². The summed E-state index contributed by atoms with van der Waals surface area (Å²) < 4.78 is 11.6. The summed E-state index contributed by atoms with van der Waals surface area (Å²) in [5.41, 5.74) is 0.755. The van der Waals surface area contributed by atoms with Gasteiger partial charge in [-0.3, -0.25) is 9.69 Å². The monoisotopic (exact) mass is 479 g/mol. The Bertz CT molecular complexity index is 853. The number of ether oxygens (including phenoxy) is 2. The van der Waals surface area contributed by atoms with E-state index in [1.807, 2.05) is 12.1 Å². The zero-order chi connectivity index (χ0) is 23.7. The molecule has 1 aliphatic rings. The van der Waals surface area contributed by atoms with Crippen LogP contribution in [-0.2, 0) is 9.59 Å². The number of methoxy groups -OCH3 is 1. The van der Waals surface area contributed by atoms with E-state index in [4.69, 9.17) is 21.7 Å². The number of rotatable bonds is 13. The van der Waals surface area contributed by atoms with Crippen LogP contribution in [0.1, 0.15) is 64.9 Å². The second-order valence-corrected chi connectivity index (χ2v) is 9.78. The maximum atomic E-state index is 12.9. The van der Waals surface area contributed by atoms with Gasteiger partial charge < -0.3 is 14.6 Å². The first kappa shape index (κ1) is 26.2. The minimum atomic E-state index is -1.06. The third kappa shape index (κ3) is 6.97. The van der Waals surface area contributed by atoms with E-state index in [1.165, 1.54) is 30.6 Å². The standard InChI is InChI=1S/C24H33NO5S2/c1-5-6-7-8-9-10-13-30-18-12-11-17(14-19(18)29-4)15-20-22(26)25(24(31)32-20)21(16(2)3)23(27)28/h11-12,14-16,21H,5-10,13H2,1-4H3,(H,27,28)/b20-15-. The second kappa shape index (κ2) is 12.8. The molecule has 0 bridgehead atoms. The highest BCUT2D eigenvalue weighted by atomic mass is 32.2. The summed E-state index contributed by atoms with van der Waals surface area (Å²) in [6.45, 7) is 6.36. The molecule has 1 atom stereocenters. The first-order valence-corrected chi connectivity index (χ1v) is 12.3. The van der Waals surface area contributed by atoms with E-state index < -0.39 is 12.0 Å². The van der Waals surface area contributed by atoms with E-state index in [0.29, 0.717) is 23.0 Å². The van der Waals surface area contributed by atoms with Crippen LogP contribution in [0.15, 0.2) is 23.1 Å². The molecule has 32 heavy (non-hydrogen) atoms. The summed E-state index contributed by atoms with van der Waals surface area (Å²) in [7, 11) is 1.58. The molecule has 0 aromatic heterocycles. The van der Waals surface area contributed by atoms with Crippen LogP contribution >= 0.6 is 24.0 Å². The molecule has 2 rings (SSSR count). The smallest absolute Gasteiger partial charge is 0.327 e. The third-order valence-electron chi connectivity index (χ3n) is 5.23. The lowest BCUT2D eigenvalue weighted by Crippen LogP contribution is -2.47. The molecule has 1 saturated heterocycles. The first-order chi connectivity index (χ1) is 15.3. The number of aliphatic carboxylic acids is 1. The van der Waals surface area contributed by atoms with Crippen LogP contribution in [-0.4, -0.2) is 46.0 Å².